The molecule has 7 nitrogen and oxygen atoms in total. The smallest absolute Gasteiger partial charge is 0.339 e. The number of carbonyl (C=O) groups excluding carboxylic acids is 2. The number of carboxylic acid groups (broad SMARTS) is 1. The van der Waals surface area contributed by atoms with Gasteiger partial charge in [0.05, 0.1) is 6.54 Å². The van der Waals surface area contributed by atoms with Gasteiger partial charge in [0.25, 0.3) is 5.91 Å². The molecule has 0 fully saturated rings. The van der Waals surface area contributed by atoms with Crippen LogP contribution in [-0.2, 0) is 11.2 Å². The standard InChI is InChI=1S/C19H22N2O5/c1-5-14-13(19(24)25)8-15(26-14)18(23)20-9-16(22)21-17-11(3)6-10(2)7-12(17)4/h6-8H,5,9H2,1-4H3,(H,20,23)(H,21,22)(H,24,25). The molecule has 1 aromatic carbocycles. The van der Waals surface area contributed by atoms with Gasteiger partial charge in [-0.15, -0.1) is 0 Å². The number of aromatic carboxylic acids is 1. The van der Waals surface area contributed by atoms with Crippen molar-refractivity contribution in [1.82, 2.24) is 5.32 Å². The second-order valence-electron chi connectivity index (χ2n) is 6.11. The van der Waals surface area contributed by atoms with E-state index >= 15 is 0 Å². The van der Waals surface area contributed by atoms with E-state index in [9.17, 15) is 14.4 Å². The average Bonchev–Trinajstić information content (AvgIpc) is 3.00. The molecule has 1 heterocycles. The number of aryl methyl sites for hydroxylation is 4. The minimum atomic E-state index is -1.16. The van der Waals surface area contributed by atoms with Gasteiger partial charge in [-0.3, -0.25) is 9.59 Å². The zero-order valence-electron chi connectivity index (χ0n) is 15.2. The quantitative estimate of drug-likeness (QED) is 0.736. The van der Waals surface area contributed by atoms with Crippen LogP contribution in [0.2, 0.25) is 0 Å². The van der Waals surface area contributed by atoms with Crippen molar-refractivity contribution in [3.05, 3.63) is 52.0 Å². The molecule has 0 radical (unpaired) electrons. The maximum atomic E-state index is 12.1. The normalized spacial score (nSPS) is 10.5. The van der Waals surface area contributed by atoms with Gasteiger partial charge in [-0.05, 0) is 31.9 Å². The molecular weight excluding hydrogens is 336 g/mol. The van der Waals surface area contributed by atoms with E-state index in [4.69, 9.17) is 9.52 Å². The summed E-state index contributed by atoms with van der Waals surface area (Å²) >= 11 is 0. The third-order valence-electron chi connectivity index (χ3n) is 3.94. The molecule has 0 aliphatic heterocycles. The summed E-state index contributed by atoms with van der Waals surface area (Å²) in [5, 5.41) is 14.3. The van der Waals surface area contributed by atoms with Crippen LogP contribution in [0.25, 0.3) is 0 Å². The lowest BCUT2D eigenvalue weighted by molar-refractivity contribution is -0.115. The van der Waals surface area contributed by atoms with Crippen molar-refractivity contribution in [3.8, 4) is 0 Å². The first-order valence-corrected chi connectivity index (χ1v) is 8.24. The molecule has 7 heteroatoms. The predicted molar refractivity (Wildman–Crippen MR) is 96.7 cm³/mol. The number of anilines is 1. The second-order valence-corrected chi connectivity index (χ2v) is 6.11. The van der Waals surface area contributed by atoms with E-state index in [1.165, 1.54) is 6.07 Å². The van der Waals surface area contributed by atoms with Gasteiger partial charge in [-0.1, -0.05) is 24.6 Å². The molecule has 26 heavy (non-hydrogen) atoms. The zero-order chi connectivity index (χ0) is 19.4. The Labute approximate surface area is 151 Å². The Morgan fingerprint density at radius 3 is 2.19 bits per heavy atom. The maximum absolute atomic E-state index is 12.1. The molecule has 0 aliphatic carbocycles. The molecule has 3 N–H and O–H groups in total. The summed E-state index contributed by atoms with van der Waals surface area (Å²) in [6, 6.07) is 5.09. The highest BCUT2D eigenvalue weighted by molar-refractivity contribution is 6.00. The first kappa shape index (κ1) is 19.2. The summed E-state index contributed by atoms with van der Waals surface area (Å²) in [6.45, 7) is 7.25. The van der Waals surface area contributed by atoms with Gasteiger partial charge in [-0.2, -0.15) is 0 Å². The average molecular weight is 358 g/mol. The number of benzene rings is 1. The Hall–Kier alpha value is -3.09. The van der Waals surface area contributed by atoms with Gasteiger partial charge in [0.2, 0.25) is 5.91 Å². The minimum absolute atomic E-state index is 0.0481. The van der Waals surface area contributed by atoms with Crippen molar-refractivity contribution < 1.29 is 23.9 Å². The summed E-state index contributed by atoms with van der Waals surface area (Å²) in [6.07, 6.45) is 0.349. The van der Waals surface area contributed by atoms with E-state index in [0.717, 1.165) is 16.7 Å². The summed E-state index contributed by atoms with van der Waals surface area (Å²) in [5.41, 5.74) is 3.64. The van der Waals surface area contributed by atoms with Gasteiger partial charge in [0.1, 0.15) is 11.3 Å². The number of amides is 2. The Balaban J connectivity index is 2.01. The Morgan fingerprint density at radius 2 is 1.69 bits per heavy atom. The fraction of sp³-hybridized carbons (Fsp3) is 0.316. The fourth-order valence-electron chi connectivity index (χ4n) is 2.79. The molecule has 0 spiro atoms. The topological polar surface area (TPSA) is 109 Å². The molecular formula is C19H22N2O5. The van der Waals surface area contributed by atoms with E-state index < -0.39 is 11.9 Å². The SMILES string of the molecule is CCc1oc(C(=O)NCC(=O)Nc2c(C)cc(C)cc2C)cc1C(=O)O. The number of rotatable bonds is 6. The maximum Gasteiger partial charge on any atom is 0.339 e. The largest absolute Gasteiger partial charge is 0.478 e. The minimum Gasteiger partial charge on any atom is -0.478 e. The van der Waals surface area contributed by atoms with Crippen molar-refractivity contribution >= 4 is 23.5 Å². The first-order chi connectivity index (χ1) is 12.2. The van der Waals surface area contributed by atoms with E-state index in [1.807, 2.05) is 32.9 Å². The lowest BCUT2D eigenvalue weighted by atomic mass is 10.1. The van der Waals surface area contributed by atoms with Crippen LogP contribution in [0.3, 0.4) is 0 Å². The van der Waals surface area contributed by atoms with Crippen LogP contribution in [0.4, 0.5) is 5.69 Å². The summed E-state index contributed by atoms with van der Waals surface area (Å²) in [5.74, 6) is -2.09. The Bertz CT molecular complexity index is 844. The van der Waals surface area contributed by atoms with Gasteiger partial charge in [0.15, 0.2) is 5.76 Å². The van der Waals surface area contributed by atoms with Crippen LogP contribution >= 0.6 is 0 Å². The van der Waals surface area contributed by atoms with Gasteiger partial charge >= 0.3 is 5.97 Å². The summed E-state index contributed by atoms with van der Waals surface area (Å²) in [4.78, 5) is 35.3. The van der Waals surface area contributed by atoms with E-state index in [-0.39, 0.29) is 29.5 Å². The molecule has 1 aromatic heterocycles. The number of carboxylic acids is 1. The molecule has 0 bridgehead atoms. The van der Waals surface area contributed by atoms with Crippen molar-refractivity contribution in [2.75, 3.05) is 11.9 Å². The van der Waals surface area contributed by atoms with Gasteiger partial charge in [-0.25, -0.2) is 4.79 Å². The van der Waals surface area contributed by atoms with Gasteiger partial charge in [0, 0.05) is 18.2 Å². The van der Waals surface area contributed by atoms with Crippen LogP contribution < -0.4 is 10.6 Å². The lowest BCUT2D eigenvalue weighted by Crippen LogP contribution is -2.33. The molecule has 0 unspecified atom stereocenters. The number of hydrogen-bond donors (Lipinski definition) is 3. The number of carbonyl (C=O) groups is 3. The van der Waals surface area contributed by atoms with Crippen molar-refractivity contribution in [1.29, 1.82) is 0 Å². The predicted octanol–water partition coefficient (Wildman–Crippen LogP) is 2.83. The Morgan fingerprint density at radius 1 is 1.08 bits per heavy atom. The molecule has 2 amide bonds. The lowest BCUT2D eigenvalue weighted by Gasteiger charge is -2.13. The van der Waals surface area contributed by atoms with Crippen LogP contribution in [0, 0.1) is 20.8 Å². The fourth-order valence-corrected chi connectivity index (χ4v) is 2.79. The van der Waals surface area contributed by atoms with E-state index in [0.29, 0.717) is 12.1 Å². The van der Waals surface area contributed by atoms with Crippen LogP contribution in [-0.4, -0.2) is 29.4 Å². The highest BCUT2D eigenvalue weighted by Crippen LogP contribution is 2.21. The molecule has 0 saturated carbocycles. The molecule has 2 aromatic rings. The second kappa shape index (κ2) is 7.86. The van der Waals surface area contributed by atoms with Crippen molar-refractivity contribution in [2.24, 2.45) is 0 Å². The molecule has 138 valence electrons. The number of nitrogens with one attached hydrogen (secondary N) is 2. The highest BCUT2D eigenvalue weighted by atomic mass is 16.4. The molecule has 0 saturated heterocycles. The van der Waals surface area contributed by atoms with Crippen LogP contribution in [0.15, 0.2) is 22.6 Å². The number of hydrogen-bond acceptors (Lipinski definition) is 4. The van der Waals surface area contributed by atoms with E-state index in [1.54, 1.807) is 6.92 Å². The van der Waals surface area contributed by atoms with Crippen LogP contribution in [0.1, 0.15) is 50.3 Å². The van der Waals surface area contributed by atoms with Crippen molar-refractivity contribution in [3.63, 3.8) is 0 Å². The monoisotopic (exact) mass is 358 g/mol. The number of furan rings is 1. The Kier molecular flexibility index (Phi) is 5.82. The molecule has 2 rings (SSSR count). The summed E-state index contributed by atoms with van der Waals surface area (Å²) in [7, 11) is 0. The third kappa shape index (κ3) is 4.30. The molecule has 0 aliphatic rings. The highest BCUT2D eigenvalue weighted by Gasteiger charge is 2.20. The third-order valence-corrected chi connectivity index (χ3v) is 3.94. The van der Waals surface area contributed by atoms with E-state index in [2.05, 4.69) is 10.6 Å². The van der Waals surface area contributed by atoms with Crippen LogP contribution in [0.5, 0.6) is 0 Å². The van der Waals surface area contributed by atoms with Crippen molar-refractivity contribution in [2.45, 2.75) is 34.1 Å². The zero-order valence-corrected chi connectivity index (χ0v) is 15.2. The summed E-state index contributed by atoms with van der Waals surface area (Å²) < 4.78 is 5.26. The van der Waals surface area contributed by atoms with Gasteiger partial charge < -0.3 is 20.2 Å². The first-order valence-electron chi connectivity index (χ1n) is 8.24. The molecule has 0 atom stereocenters.